The summed E-state index contributed by atoms with van der Waals surface area (Å²) in [5.74, 6) is -2.92. The minimum Gasteiger partial charge on any atom is -0.458 e. The van der Waals surface area contributed by atoms with E-state index in [1.54, 1.807) is 76.2 Å². The molecule has 238 valence electrons. The highest BCUT2D eigenvalue weighted by Gasteiger charge is 2.43. The number of aromatic nitrogens is 2. The van der Waals surface area contributed by atoms with E-state index in [9.17, 15) is 32.8 Å². The normalized spacial score (nSPS) is 14.8. The third kappa shape index (κ3) is 8.41. The molecule has 0 radical (unpaired) electrons. The lowest BCUT2D eigenvalue weighted by molar-refractivity contribution is -0.186. The highest BCUT2D eigenvalue weighted by molar-refractivity contribution is 5.95. The molecule has 10 nitrogen and oxygen atoms in total. The van der Waals surface area contributed by atoms with E-state index >= 15 is 0 Å². The zero-order valence-electron chi connectivity index (χ0n) is 25.4. The maximum absolute atomic E-state index is 13.6. The molecule has 2 aromatic carbocycles. The van der Waals surface area contributed by atoms with Gasteiger partial charge in [0.1, 0.15) is 5.60 Å². The summed E-state index contributed by atoms with van der Waals surface area (Å²) < 4.78 is 44.1. The van der Waals surface area contributed by atoms with Crippen molar-refractivity contribution in [1.29, 1.82) is 5.26 Å². The van der Waals surface area contributed by atoms with E-state index in [-0.39, 0.29) is 25.6 Å². The predicted octanol–water partition coefficient (Wildman–Crippen LogP) is 5.39. The lowest BCUT2D eigenvalue weighted by Gasteiger charge is -2.33. The van der Waals surface area contributed by atoms with Gasteiger partial charge < -0.3 is 24.8 Å². The van der Waals surface area contributed by atoms with Crippen molar-refractivity contribution in [3.05, 3.63) is 77.4 Å². The Kier molecular flexibility index (Phi) is 9.85. The van der Waals surface area contributed by atoms with Crippen molar-refractivity contribution in [3.63, 3.8) is 0 Å². The molecule has 1 saturated heterocycles. The molecular formula is C32H35F3N6O4. The summed E-state index contributed by atoms with van der Waals surface area (Å²) in [6, 6.07) is 14.5. The van der Waals surface area contributed by atoms with Gasteiger partial charge in [-0.3, -0.25) is 9.59 Å². The molecule has 1 atom stereocenters. The van der Waals surface area contributed by atoms with Gasteiger partial charge in [0.2, 0.25) is 5.91 Å². The van der Waals surface area contributed by atoms with Gasteiger partial charge in [0, 0.05) is 30.2 Å². The van der Waals surface area contributed by atoms with E-state index < -0.39 is 35.6 Å². The number of nitriles is 1. The van der Waals surface area contributed by atoms with Crippen LogP contribution in [0.15, 0.2) is 54.9 Å². The number of benzene rings is 2. The second-order valence-electron chi connectivity index (χ2n) is 11.9. The largest absolute Gasteiger partial charge is 0.471 e. The predicted molar refractivity (Wildman–Crippen MR) is 160 cm³/mol. The minimum atomic E-state index is -4.88. The summed E-state index contributed by atoms with van der Waals surface area (Å²) in [6.07, 6.45) is -2.65. The number of nitrogens with one attached hydrogen (secondary N) is 2. The number of halogens is 3. The Balaban J connectivity index is 1.53. The number of hydrogen-bond donors (Lipinski definition) is 2. The number of nitrogens with zero attached hydrogens (tertiary/aromatic N) is 4. The average Bonchev–Trinajstić information content (AvgIpc) is 3.40. The monoisotopic (exact) mass is 624 g/mol. The number of H-pyrrole nitrogens is 1. The van der Waals surface area contributed by atoms with Gasteiger partial charge in [-0.15, -0.1) is 0 Å². The molecule has 3 aromatic rings. The molecule has 4 rings (SSSR count). The third-order valence-corrected chi connectivity index (χ3v) is 7.38. The number of piperidine rings is 1. The Morgan fingerprint density at radius 3 is 2.36 bits per heavy atom. The summed E-state index contributed by atoms with van der Waals surface area (Å²) in [5.41, 5.74) is 2.29. The first-order valence-corrected chi connectivity index (χ1v) is 14.4. The van der Waals surface area contributed by atoms with Crippen molar-refractivity contribution < 1.29 is 32.3 Å². The molecule has 0 spiro atoms. The molecule has 1 aliphatic heterocycles. The molecule has 0 bridgehead atoms. The van der Waals surface area contributed by atoms with E-state index in [4.69, 9.17) is 4.74 Å². The standard InChI is InChI=1S/C32H35F3N6O4/c1-20-27(38-19-37-20)28(29(43)45-31(2,3)4)41(25-7-5-6-21(16-25)17-36)18-26(42)39-24-10-8-22(9-11-24)23-12-14-40(15-13-23)30(44)32(33,34)35/h5-11,16,19,23,28H,12-15,18H2,1-4H3,(H,37,38)(H,39,42). The first kappa shape index (κ1) is 33.0. The number of anilines is 2. The van der Waals surface area contributed by atoms with E-state index in [1.807, 2.05) is 0 Å². The molecule has 1 aromatic heterocycles. The minimum absolute atomic E-state index is 0.0125. The highest BCUT2D eigenvalue weighted by Crippen LogP contribution is 2.33. The fourth-order valence-corrected chi connectivity index (χ4v) is 5.26. The molecule has 2 heterocycles. The van der Waals surface area contributed by atoms with Gasteiger partial charge in [-0.25, -0.2) is 9.78 Å². The summed E-state index contributed by atoms with van der Waals surface area (Å²) in [6.45, 7) is 6.70. The Morgan fingerprint density at radius 2 is 1.80 bits per heavy atom. The van der Waals surface area contributed by atoms with Gasteiger partial charge in [-0.1, -0.05) is 18.2 Å². The van der Waals surface area contributed by atoms with Crippen LogP contribution in [0.3, 0.4) is 0 Å². The molecule has 45 heavy (non-hydrogen) atoms. The van der Waals surface area contributed by atoms with Crippen molar-refractivity contribution in [2.75, 3.05) is 29.9 Å². The maximum Gasteiger partial charge on any atom is 0.471 e. The fourth-order valence-electron chi connectivity index (χ4n) is 5.26. The molecule has 13 heteroatoms. The number of likely N-dealkylation sites (tertiary alicyclic amines) is 1. The van der Waals surface area contributed by atoms with Gasteiger partial charge in [-0.05, 0) is 82.3 Å². The van der Waals surface area contributed by atoms with Gasteiger partial charge in [-0.2, -0.15) is 18.4 Å². The topological polar surface area (TPSA) is 131 Å². The highest BCUT2D eigenvalue weighted by atomic mass is 19.4. The van der Waals surface area contributed by atoms with E-state index in [0.29, 0.717) is 41.2 Å². The molecule has 2 N–H and O–H groups in total. The zero-order valence-corrected chi connectivity index (χ0v) is 25.4. The van der Waals surface area contributed by atoms with Crippen molar-refractivity contribution in [2.24, 2.45) is 0 Å². The molecule has 1 fully saturated rings. The average molecular weight is 625 g/mol. The molecule has 0 saturated carbocycles. The second kappa shape index (κ2) is 13.4. The summed E-state index contributed by atoms with van der Waals surface area (Å²) in [7, 11) is 0. The molecular weight excluding hydrogens is 589 g/mol. The van der Waals surface area contributed by atoms with Crippen LogP contribution < -0.4 is 10.2 Å². The van der Waals surface area contributed by atoms with Crippen LogP contribution in [-0.2, 0) is 19.1 Å². The SMILES string of the molecule is Cc1[nH]cnc1C(C(=O)OC(C)(C)C)N(CC(=O)Nc1ccc(C2CCN(C(=O)C(F)(F)F)CC2)cc1)c1cccc(C#N)c1. The fraction of sp³-hybridized carbons (Fsp3) is 0.406. The van der Waals surface area contributed by atoms with Crippen LogP contribution in [0.4, 0.5) is 24.5 Å². The number of aryl methyl sites for hydroxylation is 1. The molecule has 0 aliphatic carbocycles. The van der Waals surface area contributed by atoms with Crippen molar-refractivity contribution in [1.82, 2.24) is 14.9 Å². The Morgan fingerprint density at radius 1 is 1.13 bits per heavy atom. The van der Waals surface area contributed by atoms with Crippen LogP contribution in [0.1, 0.15) is 68.1 Å². The molecule has 1 aliphatic rings. The lowest BCUT2D eigenvalue weighted by atomic mass is 9.89. The number of carbonyl (C=O) groups is 3. The van der Waals surface area contributed by atoms with E-state index in [2.05, 4.69) is 21.4 Å². The van der Waals surface area contributed by atoms with Gasteiger partial charge in [0.05, 0.1) is 30.2 Å². The zero-order chi connectivity index (χ0) is 32.9. The third-order valence-electron chi connectivity index (χ3n) is 7.38. The smallest absolute Gasteiger partial charge is 0.458 e. The van der Waals surface area contributed by atoms with Crippen LogP contribution in [-0.4, -0.2) is 64.1 Å². The number of aromatic amines is 1. The van der Waals surface area contributed by atoms with Crippen LogP contribution in [0.5, 0.6) is 0 Å². The number of amides is 2. The number of carbonyl (C=O) groups excluding carboxylic acids is 3. The number of hydrogen-bond acceptors (Lipinski definition) is 7. The Hall–Kier alpha value is -4.86. The maximum atomic E-state index is 13.6. The van der Waals surface area contributed by atoms with Crippen molar-refractivity contribution >= 4 is 29.2 Å². The second-order valence-corrected chi connectivity index (χ2v) is 11.9. The summed E-state index contributed by atoms with van der Waals surface area (Å²) >= 11 is 0. The first-order chi connectivity index (χ1) is 21.2. The van der Waals surface area contributed by atoms with Crippen LogP contribution >= 0.6 is 0 Å². The summed E-state index contributed by atoms with van der Waals surface area (Å²) in [4.78, 5) is 48.3. The van der Waals surface area contributed by atoms with E-state index in [1.165, 1.54) is 11.2 Å². The van der Waals surface area contributed by atoms with Gasteiger partial charge >= 0.3 is 18.1 Å². The van der Waals surface area contributed by atoms with Gasteiger partial charge in [0.15, 0.2) is 6.04 Å². The Labute approximate surface area is 259 Å². The number of alkyl halides is 3. The number of rotatable bonds is 8. The van der Waals surface area contributed by atoms with Gasteiger partial charge in [0.25, 0.3) is 0 Å². The van der Waals surface area contributed by atoms with Crippen LogP contribution in [0, 0.1) is 18.3 Å². The van der Waals surface area contributed by atoms with Crippen molar-refractivity contribution in [2.45, 2.75) is 64.3 Å². The van der Waals surface area contributed by atoms with Crippen LogP contribution in [0.25, 0.3) is 0 Å². The molecule has 2 amide bonds. The van der Waals surface area contributed by atoms with E-state index in [0.717, 1.165) is 10.5 Å². The quantitative estimate of drug-likeness (QED) is 0.322. The summed E-state index contributed by atoms with van der Waals surface area (Å²) in [5, 5.41) is 12.4. The van der Waals surface area contributed by atoms with Crippen LogP contribution in [0.2, 0.25) is 0 Å². The van der Waals surface area contributed by atoms with Crippen molar-refractivity contribution in [3.8, 4) is 6.07 Å². The number of ether oxygens (including phenoxy) is 1. The Bertz CT molecular complexity index is 1560. The lowest BCUT2D eigenvalue weighted by Crippen LogP contribution is -2.45. The first-order valence-electron chi connectivity index (χ1n) is 14.4. The molecule has 1 unspecified atom stereocenters. The number of imidazole rings is 1. The number of esters is 1.